The molecule has 2 heteroatoms. The van der Waals surface area contributed by atoms with Crippen molar-refractivity contribution in [3.8, 4) is 0 Å². The summed E-state index contributed by atoms with van der Waals surface area (Å²) in [4.78, 5) is 2.73. The first-order chi connectivity index (χ1) is 9.70. The van der Waals surface area contributed by atoms with Gasteiger partial charge >= 0.3 is 0 Å². The molecule has 20 heavy (non-hydrogen) atoms. The summed E-state index contributed by atoms with van der Waals surface area (Å²) in [6, 6.07) is 8.10. The van der Waals surface area contributed by atoms with E-state index in [1.165, 1.54) is 55.3 Å². The molecule has 3 rings (SSSR count). The van der Waals surface area contributed by atoms with E-state index in [4.69, 9.17) is 5.73 Å². The normalized spacial score (nSPS) is 28.4. The van der Waals surface area contributed by atoms with Crippen molar-refractivity contribution in [1.82, 2.24) is 4.90 Å². The Morgan fingerprint density at radius 2 is 1.95 bits per heavy atom. The Bertz CT molecular complexity index is 468. The first-order valence-electron chi connectivity index (χ1n) is 8.23. The lowest BCUT2D eigenvalue weighted by Crippen LogP contribution is -2.46. The van der Waals surface area contributed by atoms with Crippen molar-refractivity contribution < 1.29 is 0 Å². The van der Waals surface area contributed by atoms with Crippen LogP contribution in [0.1, 0.15) is 54.8 Å². The fraction of sp³-hybridized carbons (Fsp3) is 0.667. The fourth-order valence-electron chi connectivity index (χ4n) is 4.31. The van der Waals surface area contributed by atoms with Crippen molar-refractivity contribution >= 4 is 0 Å². The van der Waals surface area contributed by atoms with Gasteiger partial charge in [-0.25, -0.2) is 0 Å². The number of likely N-dealkylation sites (tertiary alicyclic amines) is 1. The maximum Gasteiger partial charge on any atom is 0.0473 e. The minimum Gasteiger partial charge on any atom is -0.329 e. The Morgan fingerprint density at radius 3 is 2.70 bits per heavy atom. The van der Waals surface area contributed by atoms with Crippen LogP contribution in [0.4, 0.5) is 0 Å². The summed E-state index contributed by atoms with van der Waals surface area (Å²) in [5.74, 6) is 0.935. The van der Waals surface area contributed by atoms with Crippen LogP contribution in [0, 0.1) is 19.8 Å². The molecule has 1 aliphatic heterocycles. The minimum atomic E-state index is 0.417. The molecule has 1 aromatic rings. The van der Waals surface area contributed by atoms with Crippen molar-refractivity contribution in [2.24, 2.45) is 11.7 Å². The second kappa shape index (κ2) is 5.87. The molecule has 0 spiro atoms. The van der Waals surface area contributed by atoms with Crippen molar-refractivity contribution in [2.75, 3.05) is 13.1 Å². The molecule has 110 valence electrons. The van der Waals surface area contributed by atoms with Gasteiger partial charge in [-0.1, -0.05) is 24.6 Å². The van der Waals surface area contributed by atoms with Crippen LogP contribution in [0.2, 0.25) is 0 Å². The first-order valence-corrected chi connectivity index (χ1v) is 8.23. The number of hydrogen-bond donors (Lipinski definition) is 1. The summed E-state index contributed by atoms with van der Waals surface area (Å²) in [5.41, 5.74) is 10.4. The molecule has 1 heterocycles. The number of nitrogens with zero attached hydrogens (tertiary/aromatic N) is 1. The zero-order valence-corrected chi connectivity index (χ0v) is 12.9. The van der Waals surface area contributed by atoms with Crippen LogP contribution in [0.25, 0.3) is 0 Å². The highest BCUT2D eigenvalue weighted by atomic mass is 15.2. The Balaban J connectivity index is 1.86. The summed E-state index contributed by atoms with van der Waals surface area (Å²) in [6.45, 7) is 6.37. The van der Waals surface area contributed by atoms with E-state index in [2.05, 4.69) is 36.9 Å². The van der Waals surface area contributed by atoms with Gasteiger partial charge in [0.1, 0.15) is 0 Å². The SMILES string of the molecule is Cc1ccc(C(CN)N2CCCC3CCCC32)cc1C. The van der Waals surface area contributed by atoms with Crippen LogP contribution in [0.5, 0.6) is 0 Å². The smallest absolute Gasteiger partial charge is 0.0473 e. The first kappa shape index (κ1) is 14.1. The lowest BCUT2D eigenvalue weighted by Gasteiger charge is -2.42. The quantitative estimate of drug-likeness (QED) is 0.911. The summed E-state index contributed by atoms with van der Waals surface area (Å²) in [5, 5.41) is 0. The van der Waals surface area contributed by atoms with Crippen LogP contribution in [0.3, 0.4) is 0 Å². The fourth-order valence-corrected chi connectivity index (χ4v) is 4.31. The van der Waals surface area contributed by atoms with Gasteiger partial charge in [0, 0.05) is 18.6 Å². The molecule has 0 radical (unpaired) electrons. The van der Waals surface area contributed by atoms with Crippen LogP contribution in [-0.4, -0.2) is 24.0 Å². The van der Waals surface area contributed by atoms with Crippen molar-refractivity contribution in [1.29, 1.82) is 0 Å². The molecule has 1 aromatic carbocycles. The molecule has 1 aliphatic carbocycles. The largest absolute Gasteiger partial charge is 0.329 e. The van der Waals surface area contributed by atoms with Crippen molar-refractivity contribution in [2.45, 2.75) is 58.0 Å². The molecule has 2 nitrogen and oxygen atoms in total. The highest BCUT2D eigenvalue weighted by molar-refractivity contribution is 5.32. The van der Waals surface area contributed by atoms with E-state index in [0.29, 0.717) is 6.04 Å². The molecule has 2 aliphatic rings. The van der Waals surface area contributed by atoms with Gasteiger partial charge in [0.25, 0.3) is 0 Å². The van der Waals surface area contributed by atoms with E-state index >= 15 is 0 Å². The average molecular weight is 272 g/mol. The summed E-state index contributed by atoms with van der Waals surface area (Å²) in [6.07, 6.45) is 7.02. The predicted octanol–water partition coefficient (Wildman–Crippen LogP) is 3.57. The second-order valence-electron chi connectivity index (χ2n) is 6.73. The average Bonchev–Trinajstić information content (AvgIpc) is 2.93. The van der Waals surface area contributed by atoms with Gasteiger partial charge in [0.2, 0.25) is 0 Å². The van der Waals surface area contributed by atoms with Crippen molar-refractivity contribution in [3.63, 3.8) is 0 Å². The number of benzene rings is 1. The molecule has 1 saturated heterocycles. The molecule has 0 aromatic heterocycles. The van der Waals surface area contributed by atoms with Crippen LogP contribution in [-0.2, 0) is 0 Å². The number of piperidine rings is 1. The molecule has 2 N–H and O–H groups in total. The van der Waals surface area contributed by atoms with Gasteiger partial charge in [-0.15, -0.1) is 0 Å². The number of fused-ring (bicyclic) bond motifs is 1. The van der Waals surface area contributed by atoms with E-state index in [-0.39, 0.29) is 0 Å². The number of rotatable bonds is 3. The predicted molar refractivity (Wildman–Crippen MR) is 84.8 cm³/mol. The second-order valence-corrected chi connectivity index (χ2v) is 6.73. The third kappa shape index (κ3) is 2.51. The minimum absolute atomic E-state index is 0.417. The monoisotopic (exact) mass is 272 g/mol. The summed E-state index contributed by atoms with van der Waals surface area (Å²) < 4.78 is 0. The Morgan fingerprint density at radius 1 is 1.15 bits per heavy atom. The third-order valence-corrected chi connectivity index (χ3v) is 5.58. The molecule has 2 fully saturated rings. The van der Waals surface area contributed by atoms with E-state index in [1.54, 1.807) is 0 Å². The Hall–Kier alpha value is -0.860. The highest BCUT2D eigenvalue weighted by Crippen LogP contribution is 2.40. The summed E-state index contributed by atoms with van der Waals surface area (Å²) >= 11 is 0. The number of aryl methyl sites for hydroxylation is 2. The van der Waals surface area contributed by atoms with Crippen LogP contribution in [0.15, 0.2) is 18.2 Å². The Labute approximate surface area is 123 Å². The number of nitrogens with two attached hydrogens (primary N) is 1. The molecule has 3 unspecified atom stereocenters. The lowest BCUT2D eigenvalue weighted by molar-refractivity contribution is 0.0701. The van der Waals surface area contributed by atoms with Gasteiger partial charge in [-0.2, -0.15) is 0 Å². The molecule has 0 bridgehead atoms. The maximum absolute atomic E-state index is 6.16. The highest BCUT2D eigenvalue weighted by Gasteiger charge is 2.38. The van der Waals surface area contributed by atoms with E-state index in [0.717, 1.165) is 18.5 Å². The topological polar surface area (TPSA) is 29.3 Å². The zero-order chi connectivity index (χ0) is 14.1. The van der Waals surface area contributed by atoms with Crippen molar-refractivity contribution in [3.05, 3.63) is 34.9 Å². The van der Waals surface area contributed by atoms with Gasteiger partial charge in [-0.3, -0.25) is 4.90 Å². The van der Waals surface area contributed by atoms with Gasteiger partial charge in [-0.05, 0) is 68.7 Å². The standard InChI is InChI=1S/C18H28N2/c1-13-8-9-16(11-14(13)2)18(12-19)20-10-4-6-15-5-3-7-17(15)20/h8-9,11,15,17-18H,3-7,10,12,19H2,1-2H3. The van der Waals surface area contributed by atoms with Crippen LogP contribution >= 0.6 is 0 Å². The maximum atomic E-state index is 6.16. The molecule has 3 atom stereocenters. The van der Waals surface area contributed by atoms with E-state index in [1.807, 2.05) is 0 Å². The van der Waals surface area contributed by atoms with E-state index in [9.17, 15) is 0 Å². The summed E-state index contributed by atoms with van der Waals surface area (Å²) in [7, 11) is 0. The number of hydrogen-bond acceptors (Lipinski definition) is 2. The zero-order valence-electron chi connectivity index (χ0n) is 12.9. The van der Waals surface area contributed by atoms with Gasteiger partial charge in [0.05, 0.1) is 0 Å². The van der Waals surface area contributed by atoms with Gasteiger partial charge in [0.15, 0.2) is 0 Å². The van der Waals surface area contributed by atoms with Crippen LogP contribution < -0.4 is 5.73 Å². The van der Waals surface area contributed by atoms with E-state index < -0.39 is 0 Å². The third-order valence-electron chi connectivity index (χ3n) is 5.58. The Kier molecular flexibility index (Phi) is 4.13. The molecule has 0 amide bonds. The van der Waals surface area contributed by atoms with Gasteiger partial charge < -0.3 is 5.73 Å². The molecular weight excluding hydrogens is 244 g/mol. The lowest BCUT2D eigenvalue weighted by atomic mass is 9.89. The molecule has 1 saturated carbocycles. The molecular formula is C18H28N2.